The molecule has 33 heavy (non-hydrogen) atoms. The first kappa shape index (κ1) is 21.2. The maximum atomic E-state index is 10.4. The highest BCUT2D eigenvalue weighted by Gasteiger charge is 2.26. The molecule has 0 fully saturated rings. The Kier molecular flexibility index (Phi) is 5.81. The number of rotatable bonds is 6. The first-order chi connectivity index (χ1) is 16.1. The third-order valence-corrected chi connectivity index (χ3v) is 6.02. The Hall–Kier alpha value is -3.68. The van der Waals surface area contributed by atoms with Crippen molar-refractivity contribution in [3.05, 3.63) is 89.4 Å². The fourth-order valence-corrected chi connectivity index (χ4v) is 4.41. The average Bonchev–Trinajstić information content (AvgIpc) is 3.10. The molecular formula is C26H27N5O2. The van der Waals surface area contributed by atoms with Crippen molar-refractivity contribution in [2.24, 2.45) is 0 Å². The molecule has 0 spiro atoms. The number of nitrogens with one attached hydrogen (secondary N) is 2. The van der Waals surface area contributed by atoms with Crippen LogP contribution < -0.4 is 15.4 Å². The highest BCUT2D eigenvalue weighted by molar-refractivity contribution is 5.70. The zero-order chi connectivity index (χ0) is 22.8. The maximum absolute atomic E-state index is 10.4. The second-order valence-corrected chi connectivity index (χ2v) is 8.17. The minimum Gasteiger partial charge on any atom is -0.489 e. The quantitative estimate of drug-likeness (QED) is 0.409. The number of benzene rings is 2. The van der Waals surface area contributed by atoms with Crippen LogP contribution in [0, 0.1) is 13.8 Å². The number of hydrogen-bond donors (Lipinski definition) is 3. The maximum Gasteiger partial charge on any atom is 0.227 e. The SMILES string of the molecule is Cc1c(-c2ccnc(Nc3ccc(OCc4ccccc4)cc3)n2)c(C)n2c1C(O)NCC2. The van der Waals surface area contributed by atoms with Crippen molar-refractivity contribution in [2.45, 2.75) is 33.2 Å². The molecule has 4 aromatic rings. The molecule has 1 atom stereocenters. The predicted octanol–water partition coefficient (Wildman–Crippen LogP) is 4.48. The zero-order valence-corrected chi connectivity index (χ0v) is 18.7. The molecule has 168 valence electrons. The summed E-state index contributed by atoms with van der Waals surface area (Å²) in [7, 11) is 0. The van der Waals surface area contributed by atoms with Gasteiger partial charge in [-0.25, -0.2) is 9.97 Å². The van der Waals surface area contributed by atoms with Crippen LogP contribution in [0.25, 0.3) is 11.3 Å². The van der Waals surface area contributed by atoms with Crippen molar-refractivity contribution in [1.82, 2.24) is 19.9 Å². The van der Waals surface area contributed by atoms with Gasteiger partial charge < -0.3 is 19.7 Å². The van der Waals surface area contributed by atoms with E-state index in [2.05, 4.69) is 27.1 Å². The summed E-state index contributed by atoms with van der Waals surface area (Å²) in [5, 5.41) is 16.8. The average molecular weight is 442 g/mol. The molecule has 0 bridgehead atoms. The molecule has 3 N–H and O–H groups in total. The summed E-state index contributed by atoms with van der Waals surface area (Å²) < 4.78 is 8.04. The van der Waals surface area contributed by atoms with Crippen LogP contribution in [0.4, 0.5) is 11.6 Å². The van der Waals surface area contributed by atoms with Crippen LogP contribution >= 0.6 is 0 Å². The summed E-state index contributed by atoms with van der Waals surface area (Å²) >= 11 is 0. The van der Waals surface area contributed by atoms with E-state index in [1.807, 2.05) is 67.6 Å². The van der Waals surface area contributed by atoms with Gasteiger partial charge in [0.2, 0.25) is 5.95 Å². The van der Waals surface area contributed by atoms with Gasteiger partial charge in [-0.1, -0.05) is 30.3 Å². The molecule has 1 aliphatic rings. The standard InChI is InChI=1S/C26H27N5O2/c1-17-23(18(2)31-15-14-27-25(32)24(17)31)22-12-13-28-26(30-22)29-20-8-10-21(11-9-20)33-16-19-6-4-3-5-7-19/h3-13,25,27,32H,14-16H2,1-2H3,(H,28,29,30). The summed E-state index contributed by atoms with van der Waals surface area (Å²) in [6, 6.07) is 19.8. The summed E-state index contributed by atoms with van der Waals surface area (Å²) in [5.41, 5.74) is 6.94. The van der Waals surface area contributed by atoms with Gasteiger partial charge in [0.15, 0.2) is 0 Å². The Morgan fingerprint density at radius 3 is 2.64 bits per heavy atom. The van der Waals surface area contributed by atoms with Crippen LogP contribution in [0.15, 0.2) is 66.9 Å². The minimum absolute atomic E-state index is 0.520. The molecule has 2 aromatic heterocycles. The summed E-state index contributed by atoms with van der Waals surface area (Å²) in [4.78, 5) is 9.15. The van der Waals surface area contributed by atoms with Gasteiger partial charge in [-0.2, -0.15) is 0 Å². The van der Waals surface area contributed by atoms with Crippen molar-refractivity contribution in [3.8, 4) is 17.0 Å². The second-order valence-electron chi connectivity index (χ2n) is 8.17. The Labute approximate surface area is 193 Å². The lowest BCUT2D eigenvalue weighted by Gasteiger charge is -2.23. The van der Waals surface area contributed by atoms with Crippen molar-refractivity contribution >= 4 is 11.6 Å². The van der Waals surface area contributed by atoms with Crippen molar-refractivity contribution in [3.63, 3.8) is 0 Å². The van der Waals surface area contributed by atoms with Crippen LogP contribution in [0.1, 0.15) is 28.7 Å². The van der Waals surface area contributed by atoms with Gasteiger partial charge >= 0.3 is 0 Å². The normalized spacial score (nSPS) is 15.2. The van der Waals surface area contributed by atoms with Crippen LogP contribution in [0.5, 0.6) is 5.75 Å². The number of hydrogen-bond acceptors (Lipinski definition) is 6. The van der Waals surface area contributed by atoms with E-state index in [0.29, 0.717) is 12.6 Å². The lowest BCUT2D eigenvalue weighted by atomic mass is 10.1. The van der Waals surface area contributed by atoms with E-state index in [-0.39, 0.29) is 0 Å². The number of fused-ring (bicyclic) bond motifs is 1. The van der Waals surface area contributed by atoms with Crippen LogP contribution in [0.3, 0.4) is 0 Å². The number of ether oxygens (including phenoxy) is 1. The van der Waals surface area contributed by atoms with Crippen LogP contribution in [0.2, 0.25) is 0 Å². The van der Waals surface area contributed by atoms with E-state index in [0.717, 1.165) is 58.3 Å². The number of aliphatic hydroxyl groups excluding tert-OH is 1. The molecule has 0 amide bonds. The molecule has 0 saturated heterocycles. The largest absolute Gasteiger partial charge is 0.489 e. The number of anilines is 2. The summed E-state index contributed by atoms with van der Waals surface area (Å²) in [6.45, 7) is 6.21. The minimum atomic E-state index is -0.659. The van der Waals surface area contributed by atoms with E-state index >= 15 is 0 Å². The first-order valence-corrected chi connectivity index (χ1v) is 11.1. The van der Waals surface area contributed by atoms with Crippen molar-refractivity contribution in [1.29, 1.82) is 0 Å². The highest BCUT2D eigenvalue weighted by Crippen LogP contribution is 2.35. The fraction of sp³-hybridized carbons (Fsp3) is 0.231. The van der Waals surface area contributed by atoms with Gasteiger partial charge in [-0.05, 0) is 55.3 Å². The van der Waals surface area contributed by atoms with Crippen LogP contribution in [-0.2, 0) is 13.2 Å². The van der Waals surface area contributed by atoms with Gasteiger partial charge in [0.05, 0.1) is 11.4 Å². The molecular weight excluding hydrogens is 414 g/mol. The molecule has 2 aromatic carbocycles. The third kappa shape index (κ3) is 4.33. The van der Waals surface area contributed by atoms with E-state index in [4.69, 9.17) is 9.72 Å². The molecule has 0 radical (unpaired) electrons. The third-order valence-electron chi connectivity index (χ3n) is 6.02. The first-order valence-electron chi connectivity index (χ1n) is 11.1. The molecule has 7 heteroatoms. The number of nitrogens with zero attached hydrogens (tertiary/aromatic N) is 3. The Morgan fingerprint density at radius 1 is 1.09 bits per heavy atom. The number of aliphatic hydroxyl groups is 1. The van der Waals surface area contributed by atoms with E-state index in [9.17, 15) is 5.11 Å². The van der Waals surface area contributed by atoms with Gasteiger partial charge in [-0.15, -0.1) is 0 Å². The summed E-state index contributed by atoms with van der Waals surface area (Å²) in [6.07, 6.45) is 1.10. The van der Waals surface area contributed by atoms with Gasteiger partial charge in [0.25, 0.3) is 0 Å². The van der Waals surface area contributed by atoms with Gasteiger partial charge in [-0.3, -0.25) is 5.32 Å². The zero-order valence-electron chi connectivity index (χ0n) is 18.7. The lowest BCUT2D eigenvalue weighted by Crippen LogP contribution is -2.33. The lowest BCUT2D eigenvalue weighted by molar-refractivity contribution is 0.114. The highest BCUT2D eigenvalue weighted by atomic mass is 16.5. The molecule has 3 heterocycles. The van der Waals surface area contributed by atoms with E-state index < -0.39 is 6.23 Å². The smallest absolute Gasteiger partial charge is 0.227 e. The Balaban J connectivity index is 1.32. The number of aromatic nitrogens is 3. The van der Waals surface area contributed by atoms with Crippen molar-refractivity contribution in [2.75, 3.05) is 11.9 Å². The Bertz CT molecular complexity index is 1250. The molecule has 1 aliphatic heterocycles. The topological polar surface area (TPSA) is 84.2 Å². The molecule has 7 nitrogen and oxygen atoms in total. The van der Waals surface area contributed by atoms with Gasteiger partial charge in [0.1, 0.15) is 18.6 Å². The van der Waals surface area contributed by atoms with Crippen LogP contribution in [-0.4, -0.2) is 26.2 Å². The van der Waals surface area contributed by atoms with Crippen molar-refractivity contribution < 1.29 is 9.84 Å². The fourth-order valence-electron chi connectivity index (χ4n) is 4.41. The predicted molar refractivity (Wildman–Crippen MR) is 128 cm³/mol. The Morgan fingerprint density at radius 2 is 1.88 bits per heavy atom. The van der Waals surface area contributed by atoms with Gasteiger partial charge in [0, 0.05) is 36.2 Å². The molecule has 5 rings (SSSR count). The van der Waals surface area contributed by atoms with E-state index in [1.165, 1.54) is 0 Å². The second kappa shape index (κ2) is 9.05. The molecule has 0 saturated carbocycles. The summed E-state index contributed by atoms with van der Waals surface area (Å²) in [5.74, 6) is 1.32. The monoisotopic (exact) mass is 441 g/mol. The van der Waals surface area contributed by atoms with E-state index in [1.54, 1.807) is 6.20 Å². The molecule has 1 unspecified atom stereocenters. The molecule has 0 aliphatic carbocycles.